The molecule has 0 radical (unpaired) electrons. The number of aromatic amines is 1. The molecule has 3 N–H and O–H groups in total. The lowest BCUT2D eigenvalue weighted by molar-refractivity contribution is 0.773. The highest BCUT2D eigenvalue weighted by atomic mass is 79.9. The Morgan fingerprint density at radius 2 is 2.00 bits per heavy atom. The van der Waals surface area contributed by atoms with Crippen LogP contribution in [0, 0.1) is 13.8 Å². The van der Waals surface area contributed by atoms with Gasteiger partial charge in [-0.3, -0.25) is 4.79 Å². The van der Waals surface area contributed by atoms with Crippen LogP contribution >= 0.6 is 31.9 Å². The summed E-state index contributed by atoms with van der Waals surface area (Å²) in [5, 5.41) is 0. The van der Waals surface area contributed by atoms with Gasteiger partial charge in [-0.25, -0.2) is 9.97 Å². The van der Waals surface area contributed by atoms with Crippen molar-refractivity contribution >= 4 is 49.0 Å². The summed E-state index contributed by atoms with van der Waals surface area (Å²) in [6.07, 6.45) is 1.65. The van der Waals surface area contributed by atoms with Crippen LogP contribution < -0.4 is 11.3 Å². The van der Waals surface area contributed by atoms with E-state index in [0.717, 1.165) is 15.7 Å². The average Bonchev–Trinajstić information content (AvgIpc) is 2.86. The second kappa shape index (κ2) is 5.47. The Bertz CT molecular complexity index is 946. The number of hydrogen-bond acceptors (Lipinski definition) is 5. The van der Waals surface area contributed by atoms with Crippen LogP contribution in [0.3, 0.4) is 0 Å². The number of pyridine rings is 1. The Hall–Kier alpha value is -1.74. The smallest absolute Gasteiger partial charge is 0.252 e. The standard InChI is InChI=1S/C13H12Br2N6O/c1-5-7(18-12(22)6(2)8(5)14)3-21-4-17-9-10(15)19-13(16)20-11(9)21/h4H,3H2,1-2H3,(H,18,22)(H2,16,19,20). The van der Waals surface area contributed by atoms with Gasteiger partial charge in [-0.2, -0.15) is 4.98 Å². The molecule has 0 saturated heterocycles. The van der Waals surface area contributed by atoms with Gasteiger partial charge in [0.1, 0.15) is 10.1 Å². The molecular weight excluding hydrogens is 416 g/mol. The first kappa shape index (κ1) is 15.2. The van der Waals surface area contributed by atoms with Gasteiger partial charge in [0, 0.05) is 15.7 Å². The summed E-state index contributed by atoms with van der Waals surface area (Å²) in [4.78, 5) is 27.4. The fourth-order valence-electron chi connectivity index (χ4n) is 2.21. The molecule has 0 amide bonds. The van der Waals surface area contributed by atoms with E-state index >= 15 is 0 Å². The third kappa shape index (κ3) is 2.44. The van der Waals surface area contributed by atoms with Crippen molar-refractivity contribution in [3.8, 4) is 0 Å². The van der Waals surface area contributed by atoms with Gasteiger partial charge >= 0.3 is 0 Å². The van der Waals surface area contributed by atoms with E-state index in [1.54, 1.807) is 13.3 Å². The van der Waals surface area contributed by atoms with E-state index in [-0.39, 0.29) is 11.5 Å². The van der Waals surface area contributed by atoms with E-state index < -0.39 is 0 Å². The summed E-state index contributed by atoms with van der Waals surface area (Å²) in [5.41, 5.74) is 9.22. The molecule has 3 heterocycles. The number of imidazole rings is 1. The monoisotopic (exact) mass is 426 g/mol. The number of nitrogen functional groups attached to an aromatic ring is 1. The number of nitrogens with zero attached hydrogens (tertiary/aromatic N) is 4. The van der Waals surface area contributed by atoms with Crippen LogP contribution in [0.2, 0.25) is 0 Å². The first-order valence-corrected chi connectivity index (χ1v) is 7.98. The summed E-state index contributed by atoms with van der Waals surface area (Å²) in [6.45, 7) is 4.15. The Balaban J connectivity index is 2.14. The summed E-state index contributed by atoms with van der Waals surface area (Å²) >= 11 is 6.78. The van der Waals surface area contributed by atoms with E-state index in [9.17, 15) is 4.79 Å². The zero-order valence-electron chi connectivity index (χ0n) is 11.8. The number of aromatic nitrogens is 5. The molecule has 0 fully saturated rings. The minimum atomic E-state index is -0.118. The molecule has 3 aromatic rings. The summed E-state index contributed by atoms with van der Waals surface area (Å²) in [5.74, 6) is 0.163. The van der Waals surface area contributed by atoms with Crippen LogP contribution in [0.25, 0.3) is 11.2 Å². The van der Waals surface area contributed by atoms with Crippen molar-refractivity contribution in [1.29, 1.82) is 0 Å². The van der Waals surface area contributed by atoms with E-state index in [0.29, 0.717) is 27.9 Å². The minimum Gasteiger partial charge on any atom is -0.368 e. The predicted molar refractivity (Wildman–Crippen MR) is 90.8 cm³/mol. The molecule has 7 nitrogen and oxygen atoms in total. The van der Waals surface area contributed by atoms with E-state index in [1.165, 1.54) is 0 Å². The fourth-order valence-corrected chi connectivity index (χ4v) is 3.09. The number of halogens is 2. The molecule has 0 bridgehead atoms. The van der Waals surface area contributed by atoms with Crippen molar-refractivity contribution in [3.63, 3.8) is 0 Å². The number of fused-ring (bicyclic) bond motifs is 1. The van der Waals surface area contributed by atoms with E-state index in [4.69, 9.17) is 5.73 Å². The second-order valence-electron chi connectivity index (χ2n) is 4.91. The highest BCUT2D eigenvalue weighted by molar-refractivity contribution is 9.10. The molecule has 3 rings (SSSR count). The highest BCUT2D eigenvalue weighted by Crippen LogP contribution is 2.23. The molecule has 114 valence electrons. The van der Waals surface area contributed by atoms with Crippen LogP contribution in [0.15, 0.2) is 20.2 Å². The normalized spacial score (nSPS) is 11.3. The third-order valence-electron chi connectivity index (χ3n) is 3.48. The number of anilines is 1. The topological polar surface area (TPSA) is 102 Å². The molecule has 0 aromatic carbocycles. The Morgan fingerprint density at radius 1 is 1.27 bits per heavy atom. The third-order valence-corrected chi connectivity index (χ3v) is 5.23. The highest BCUT2D eigenvalue weighted by Gasteiger charge is 2.14. The van der Waals surface area contributed by atoms with Crippen LogP contribution in [0.1, 0.15) is 16.8 Å². The average molecular weight is 428 g/mol. The number of nitrogens with two attached hydrogens (primary N) is 1. The maximum atomic E-state index is 11.9. The predicted octanol–water partition coefficient (Wildman–Crippen LogP) is 2.29. The van der Waals surface area contributed by atoms with Crippen LogP contribution in [0.5, 0.6) is 0 Å². The quantitative estimate of drug-likeness (QED) is 0.610. The van der Waals surface area contributed by atoms with Crippen molar-refractivity contribution < 1.29 is 0 Å². The molecule has 22 heavy (non-hydrogen) atoms. The zero-order valence-corrected chi connectivity index (χ0v) is 15.0. The van der Waals surface area contributed by atoms with Gasteiger partial charge in [-0.1, -0.05) is 0 Å². The molecule has 9 heteroatoms. The molecular formula is C13H12Br2N6O. The molecule has 0 aliphatic rings. The number of hydrogen-bond donors (Lipinski definition) is 2. The molecule has 3 aromatic heterocycles. The summed E-state index contributed by atoms with van der Waals surface area (Å²) in [6, 6.07) is 0. The second-order valence-corrected chi connectivity index (χ2v) is 6.46. The lowest BCUT2D eigenvalue weighted by Gasteiger charge is -2.10. The number of nitrogens with one attached hydrogen (secondary N) is 1. The first-order chi connectivity index (χ1) is 10.4. The van der Waals surface area contributed by atoms with Crippen molar-refractivity contribution in [3.05, 3.63) is 42.6 Å². The van der Waals surface area contributed by atoms with Crippen molar-refractivity contribution in [2.75, 3.05) is 5.73 Å². The Morgan fingerprint density at radius 3 is 2.73 bits per heavy atom. The zero-order chi connectivity index (χ0) is 16.0. The largest absolute Gasteiger partial charge is 0.368 e. The van der Waals surface area contributed by atoms with Gasteiger partial charge in [-0.15, -0.1) is 0 Å². The fraction of sp³-hybridized carbons (Fsp3) is 0.231. The van der Waals surface area contributed by atoms with Crippen LogP contribution in [-0.2, 0) is 6.54 Å². The first-order valence-electron chi connectivity index (χ1n) is 6.40. The maximum Gasteiger partial charge on any atom is 0.252 e. The molecule has 0 aliphatic carbocycles. The van der Waals surface area contributed by atoms with E-state index in [2.05, 4.69) is 51.8 Å². The van der Waals surface area contributed by atoms with Gasteiger partial charge < -0.3 is 15.3 Å². The summed E-state index contributed by atoms with van der Waals surface area (Å²) < 4.78 is 3.17. The van der Waals surface area contributed by atoms with Gasteiger partial charge in [0.2, 0.25) is 5.95 Å². The number of H-pyrrole nitrogens is 1. The van der Waals surface area contributed by atoms with Crippen molar-refractivity contribution in [1.82, 2.24) is 24.5 Å². The van der Waals surface area contributed by atoms with Gasteiger partial charge in [0.15, 0.2) is 5.65 Å². The molecule has 0 saturated carbocycles. The van der Waals surface area contributed by atoms with Crippen molar-refractivity contribution in [2.45, 2.75) is 20.4 Å². The van der Waals surface area contributed by atoms with Crippen LogP contribution in [0.4, 0.5) is 5.95 Å². The van der Waals surface area contributed by atoms with Gasteiger partial charge in [0.25, 0.3) is 5.56 Å². The lowest BCUT2D eigenvalue weighted by Crippen LogP contribution is -2.17. The molecule has 0 aliphatic heterocycles. The van der Waals surface area contributed by atoms with E-state index in [1.807, 2.05) is 11.5 Å². The Labute approximate surface area is 142 Å². The summed E-state index contributed by atoms with van der Waals surface area (Å²) in [7, 11) is 0. The molecule has 0 atom stereocenters. The van der Waals surface area contributed by atoms with Crippen molar-refractivity contribution in [2.24, 2.45) is 0 Å². The lowest BCUT2D eigenvalue weighted by atomic mass is 10.1. The SMILES string of the molecule is Cc1c(Cn2cnc3c(Br)nc(N)nc32)[nH]c(=O)c(C)c1Br. The molecule has 0 unspecified atom stereocenters. The maximum absolute atomic E-state index is 11.9. The Kier molecular flexibility index (Phi) is 3.77. The minimum absolute atomic E-state index is 0.118. The van der Waals surface area contributed by atoms with Gasteiger partial charge in [0.05, 0.1) is 12.9 Å². The van der Waals surface area contributed by atoms with Crippen LogP contribution in [-0.4, -0.2) is 24.5 Å². The number of rotatable bonds is 2. The molecule has 0 spiro atoms. The van der Waals surface area contributed by atoms with Gasteiger partial charge in [-0.05, 0) is 51.3 Å².